The third-order valence-corrected chi connectivity index (χ3v) is 4.31. The Morgan fingerprint density at radius 1 is 1.29 bits per heavy atom. The fraction of sp³-hybridized carbons (Fsp3) is 0.706. The molecule has 1 aromatic heterocycles. The lowest BCUT2D eigenvalue weighted by molar-refractivity contribution is 0.0657. The predicted octanol–water partition coefficient (Wildman–Crippen LogP) is 4.23. The number of hydrogen-bond acceptors (Lipinski definition) is 3. The first-order chi connectivity index (χ1) is 9.58. The number of rotatable bonds is 4. The molecule has 1 aliphatic rings. The van der Waals surface area contributed by atoms with Crippen LogP contribution >= 0.6 is 0 Å². The van der Waals surface area contributed by atoms with Crippen molar-refractivity contribution in [1.29, 1.82) is 0 Å². The summed E-state index contributed by atoms with van der Waals surface area (Å²) < 4.78 is 5.39. The molecule has 0 radical (unpaired) electrons. The van der Waals surface area contributed by atoms with Crippen LogP contribution in [0.3, 0.4) is 0 Å². The highest BCUT2D eigenvalue weighted by Gasteiger charge is 2.38. The van der Waals surface area contributed by atoms with Gasteiger partial charge in [-0.05, 0) is 49.1 Å². The molecule has 1 aromatic rings. The van der Waals surface area contributed by atoms with Gasteiger partial charge >= 0.3 is 5.97 Å². The molecular weight excluding hydrogens is 266 g/mol. The number of carboxylic acids is 1. The van der Waals surface area contributed by atoms with Gasteiger partial charge in [-0.15, -0.1) is 0 Å². The van der Waals surface area contributed by atoms with E-state index in [-0.39, 0.29) is 11.8 Å². The summed E-state index contributed by atoms with van der Waals surface area (Å²) in [5, 5.41) is 12.5. The van der Waals surface area contributed by atoms with E-state index < -0.39 is 5.97 Å². The van der Waals surface area contributed by atoms with Crippen molar-refractivity contribution in [3.63, 3.8) is 0 Å². The molecule has 21 heavy (non-hydrogen) atoms. The zero-order valence-electron chi connectivity index (χ0n) is 13.7. The lowest BCUT2D eigenvalue weighted by Crippen LogP contribution is -2.44. The summed E-state index contributed by atoms with van der Waals surface area (Å²) in [5.41, 5.74) is 0.656. The van der Waals surface area contributed by atoms with Crippen LogP contribution in [0.4, 0.5) is 0 Å². The molecule has 4 nitrogen and oxygen atoms in total. The van der Waals surface area contributed by atoms with Crippen molar-refractivity contribution >= 4 is 5.97 Å². The lowest BCUT2D eigenvalue weighted by atomic mass is 9.63. The molecule has 1 heterocycles. The number of aromatic carboxylic acids is 1. The van der Waals surface area contributed by atoms with Crippen molar-refractivity contribution < 1.29 is 14.3 Å². The van der Waals surface area contributed by atoms with Crippen molar-refractivity contribution in [1.82, 2.24) is 5.32 Å². The second-order valence-electron chi connectivity index (χ2n) is 8.01. The van der Waals surface area contributed by atoms with Gasteiger partial charge in [0.05, 0.1) is 6.04 Å². The van der Waals surface area contributed by atoms with Crippen molar-refractivity contribution in [3.05, 3.63) is 23.7 Å². The van der Waals surface area contributed by atoms with E-state index >= 15 is 0 Å². The molecule has 1 unspecified atom stereocenters. The van der Waals surface area contributed by atoms with Crippen LogP contribution in [-0.4, -0.2) is 17.1 Å². The Morgan fingerprint density at radius 3 is 2.33 bits per heavy atom. The first-order valence-corrected chi connectivity index (χ1v) is 7.67. The Morgan fingerprint density at radius 2 is 1.86 bits per heavy atom. The summed E-state index contributed by atoms with van der Waals surface area (Å²) in [4.78, 5) is 10.9. The summed E-state index contributed by atoms with van der Waals surface area (Å²) in [6, 6.07) is 3.72. The third-order valence-electron chi connectivity index (χ3n) is 4.31. The number of carboxylic acid groups (broad SMARTS) is 1. The Kier molecular flexibility index (Phi) is 4.20. The van der Waals surface area contributed by atoms with Gasteiger partial charge in [-0.1, -0.05) is 27.7 Å². The molecule has 118 valence electrons. The van der Waals surface area contributed by atoms with Crippen molar-refractivity contribution in [2.45, 2.75) is 66.0 Å². The first kappa shape index (κ1) is 16.1. The zero-order chi connectivity index (χ0) is 15.8. The molecule has 1 fully saturated rings. The summed E-state index contributed by atoms with van der Waals surface area (Å²) in [7, 11) is 0. The maximum Gasteiger partial charge on any atom is 0.371 e. The Labute approximate surface area is 126 Å². The molecule has 0 saturated heterocycles. The Balaban J connectivity index is 2.04. The minimum atomic E-state index is -1.02. The van der Waals surface area contributed by atoms with Gasteiger partial charge in [0.25, 0.3) is 0 Å². The summed E-state index contributed by atoms with van der Waals surface area (Å²) in [5.74, 6) is -0.329. The molecule has 4 heteroatoms. The average molecular weight is 293 g/mol. The van der Waals surface area contributed by atoms with Crippen LogP contribution in [0.1, 0.15) is 76.2 Å². The van der Waals surface area contributed by atoms with Crippen LogP contribution in [0.2, 0.25) is 0 Å². The normalized spacial score (nSPS) is 22.9. The number of hydrogen-bond donors (Lipinski definition) is 2. The molecule has 0 amide bonds. The summed E-state index contributed by atoms with van der Waals surface area (Å²) in [6.45, 7) is 11.3. The molecule has 2 rings (SSSR count). The highest BCUT2D eigenvalue weighted by Crippen LogP contribution is 2.46. The topological polar surface area (TPSA) is 62.5 Å². The average Bonchev–Trinajstić information content (AvgIpc) is 2.72. The van der Waals surface area contributed by atoms with Crippen molar-refractivity contribution in [3.8, 4) is 0 Å². The van der Waals surface area contributed by atoms with E-state index in [1.165, 1.54) is 12.5 Å². The van der Waals surface area contributed by atoms with E-state index in [1.807, 2.05) is 6.92 Å². The molecule has 1 saturated carbocycles. The van der Waals surface area contributed by atoms with Gasteiger partial charge in [-0.2, -0.15) is 0 Å². The van der Waals surface area contributed by atoms with E-state index in [4.69, 9.17) is 9.52 Å². The predicted molar refractivity (Wildman–Crippen MR) is 82.4 cm³/mol. The van der Waals surface area contributed by atoms with E-state index in [0.717, 1.165) is 12.8 Å². The van der Waals surface area contributed by atoms with Gasteiger partial charge in [-0.3, -0.25) is 0 Å². The van der Waals surface area contributed by atoms with Gasteiger partial charge in [0.2, 0.25) is 5.76 Å². The fourth-order valence-corrected chi connectivity index (χ4v) is 4.10. The molecule has 0 aromatic carbocycles. The molecule has 0 spiro atoms. The van der Waals surface area contributed by atoms with Crippen LogP contribution in [0, 0.1) is 10.8 Å². The van der Waals surface area contributed by atoms with E-state index in [2.05, 4.69) is 33.0 Å². The van der Waals surface area contributed by atoms with Crippen LogP contribution < -0.4 is 5.32 Å². The highest BCUT2D eigenvalue weighted by molar-refractivity contribution is 5.84. The third kappa shape index (κ3) is 4.10. The summed E-state index contributed by atoms with van der Waals surface area (Å²) in [6.07, 6.45) is 3.50. The maximum atomic E-state index is 10.9. The van der Waals surface area contributed by atoms with Crippen LogP contribution in [0.15, 0.2) is 16.5 Å². The molecule has 2 N–H and O–H groups in total. The van der Waals surface area contributed by atoms with Crippen LogP contribution in [-0.2, 0) is 0 Å². The standard InChI is InChI=1S/C17H27NO3/c1-11(13-6-7-14(21-13)15(19)20)18-12-8-16(2,3)10-17(4,5)9-12/h6-7,11-12,18H,8-10H2,1-5H3,(H,19,20). The Hall–Kier alpha value is -1.29. The minimum absolute atomic E-state index is 0.00274. The Bertz CT molecular complexity index is 500. The molecule has 0 bridgehead atoms. The lowest BCUT2D eigenvalue weighted by Gasteiger charge is -2.45. The molecular formula is C17H27NO3. The van der Waals surface area contributed by atoms with Crippen molar-refractivity contribution in [2.75, 3.05) is 0 Å². The quantitative estimate of drug-likeness (QED) is 0.872. The van der Waals surface area contributed by atoms with Gasteiger partial charge in [0.1, 0.15) is 5.76 Å². The van der Waals surface area contributed by atoms with Gasteiger partial charge in [0, 0.05) is 6.04 Å². The molecule has 0 aliphatic heterocycles. The largest absolute Gasteiger partial charge is 0.475 e. The maximum absolute atomic E-state index is 10.9. The second-order valence-corrected chi connectivity index (χ2v) is 8.01. The van der Waals surface area contributed by atoms with E-state index in [1.54, 1.807) is 6.07 Å². The zero-order valence-corrected chi connectivity index (χ0v) is 13.7. The smallest absolute Gasteiger partial charge is 0.371 e. The molecule has 1 atom stereocenters. The minimum Gasteiger partial charge on any atom is -0.475 e. The fourth-order valence-electron chi connectivity index (χ4n) is 4.10. The van der Waals surface area contributed by atoms with Gasteiger partial charge in [-0.25, -0.2) is 4.79 Å². The molecule has 1 aliphatic carbocycles. The SMILES string of the molecule is CC(NC1CC(C)(C)CC(C)(C)C1)c1ccc(C(=O)O)o1. The highest BCUT2D eigenvalue weighted by atomic mass is 16.4. The first-order valence-electron chi connectivity index (χ1n) is 7.67. The van der Waals surface area contributed by atoms with E-state index in [9.17, 15) is 4.79 Å². The van der Waals surface area contributed by atoms with Gasteiger partial charge < -0.3 is 14.8 Å². The van der Waals surface area contributed by atoms with Crippen molar-refractivity contribution in [2.24, 2.45) is 10.8 Å². The number of nitrogens with one attached hydrogen (secondary N) is 1. The van der Waals surface area contributed by atoms with E-state index in [0.29, 0.717) is 22.6 Å². The number of carbonyl (C=O) groups is 1. The van der Waals surface area contributed by atoms with Crippen LogP contribution in [0.25, 0.3) is 0 Å². The monoisotopic (exact) mass is 293 g/mol. The summed E-state index contributed by atoms with van der Waals surface area (Å²) >= 11 is 0. The van der Waals surface area contributed by atoms with Gasteiger partial charge in [0.15, 0.2) is 0 Å². The second kappa shape index (κ2) is 5.48. The number of furan rings is 1. The van der Waals surface area contributed by atoms with Crippen LogP contribution in [0.5, 0.6) is 0 Å².